The van der Waals surface area contributed by atoms with Crippen molar-refractivity contribution in [2.45, 2.75) is 18.6 Å². The van der Waals surface area contributed by atoms with Crippen molar-refractivity contribution in [1.82, 2.24) is 24.8 Å². The molecule has 1 saturated heterocycles. The molecule has 1 aliphatic rings. The highest BCUT2D eigenvalue weighted by Gasteiger charge is 2.41. The predicted octanol–water partition coefficient (Wildman–Crippen LogP) is 4.14. The molecule has 0 saturated carbocycles. The number of benzene rings is 1. The van der Waals surface area contributed by atoms with Gasteiger partial charge in [0, 0.05) is 42.7 Å². The van der Waals surface area contributed by atoms with E-state index in [2.05, 4.69) is 30.8 Å². The molecular weight excluding hydrogens is 434 g/mol. The Bertz CT molecular complexity index is 1280. The zero-order chi connectivity index (χ0) is 22.8. The highest BCUT2D eigenvalue weighted by Crippen LogP contribution is 2.40. The number of carboxylic acids is 1. The standard InChI is InChI=1S/C25H21N5O2S/c31-24(32)18-6-8-19(9-7-18)29-15-3-5-21(29)23-22(20-4-1-2-12-27-20)28-25(33)30(23)16-17-10-13-26-14-11-17/h1-15,22-23H,16H2,(H,28,33)(H,31,32). The van der Waals surface area contributed by atoms with Gasteiger partial charge in [-0.05, 0) is 78.4 Å². The first-order valence-electron chi connectivity index (χ1n) is 10.5. The summed E-state index contributed by atoms with van der Waals surface area (Å²) in [5.74, 6) is -0.946. The number of carbonyl (C=O) groups is 1. The van der Waals surface area contributed by atoms with Gasteiger partial charge in [-0.15, -0.1) is 0 Å². The number of nitrogens with zero attached hydrogens (tertiary/aromatic N) is 4. The number of aromatic nitrogens is 3. The second-order valence-electron chi connectivity index (χ2n) is 7.77. The zero-order valence-corrected chi connectivity index (χ0v) is 18.4. The lowest BCUT2D eigenvalue weighted by Crippen LogP contribution is -2.30. The van der Waals surface area contributed by atoms with Gasteiger partial charge in [0.2, 0.25) is 0 Å². The topological polar surface area (TPSA) is 83.3 Å². The van der Waals surface area contributed by atoms with Crippen LogP contribution in [0.4, 0.5) is 0 Å². The summed E-state index contributed by atoms with van der Waals surface area (Å²) < 4.78 is 2.07. The minimum Gasteiger partial charge on any atom is -0.478 e. The zero-order valence-electron chi connectivity index (χ0n) is 17.6. The molecule has 4 heterocycles. The van der Waals surface area contributed by atoms with Gasteiger partial charge in [-0.3, -0.25) is 9.97 Å². The van der Waals surface area contributed by atoms with Crippen LogP contribution in [0.15, 0.2) is 91.5 Å². The molecule has 164 valence electrons. The summed E-state index contributed by atoms with van der Waals surface area (Å²) in [5.41, 5.74) is 4.15. The van der Waals surface area contributed by atoms with Crippen molar-refractivity contribution in [2.24, 2.45) is 0 Å². The van der Waals surface area contributed by atoms with Crippen molar-refractivity contribution in [3.63, 3.8) is 0 Å². The molecule has 2 atom stereocenters. The third-order valence-electron chi connectivity index (χ3n) is 5.78. The Balaban J connectivity index is 1.58. The van der Waals surface area contributed by atoms with Gasteiger partial charge in [0.15, 0.2) is 5.11 Å². The molecule has 3 aromatic heterocycles. The average Bonchev–Trinajstić information content (AvgIpc) is 3.45. The fourth-order valence-electron chi connectivity index (χ4n) is 4.22. The molecule has 1 aromatic carbocycles. The lowest BCUT2D eigenvalue weighted by molar-refractivity contribution is 0.0697. The van der Waals surface area contributed by atoms with Crippen LogP contribution in [-0.2, 0) is 6.54 Å². The molecule has 5 rings (SSSR count). The van der Waals surface area contributed by atoms with E-state index in [1.54, 1.807) is 30.7 Å². The van der Waals surface area contributed by atoms with Crippen LogP contribution in [0.3, 0.4) is 0 Å². The van der Waals surface area contributed by atoms with Crippen LogP contribution in [0.2, 0.25) is 0 Å². The van der Waals surface area contributed by atoms with Crippen LogP contribution in [0.5, 0.6) is 0 Å². The van der Waals surface area contributed by atoms with Gasteiger partial charge in [0.05, 0.1) is 23.3 Å². The van der Waals surface area contributed by atoms with E-state index in [4.69, 9.17) is 12.2 Å². The second kappa shape index (κ2) is 8.84. The molecule has 1 fully saturated rings. The fraction of sp³-hybridized carbons (Fsp3) is 0.120. The minimum absolute atomic E-state index is 0.130. The number of aromatic carboxylic acids is 1. The SMILES string of the molecule is O=C(O)c1ccc(-n2cccc2C2C(c3ccccn3)NC(=S)N2Cc2ccncc2)cc1. The van der Waals surface area contributed by atoms with Crippen LogP contribution in [0.25, 0.3) is 5.69 Å². The predicted molar refractivity (Wildman–Crippen MR) is 128 cm³/mol. The van der Waals surface area contributed by atoms with E-state index in [0.717, 1.165) is 22.6 Å². The number of hydrogen-bond acceptors (Lipinski definition) is 4. The normalized spacial score (nSPS) is 17.7. The van der Waals surface area contributed by atoms with E-state index < -0.39 is 5.97 Å². The highest BCUT2D eigenvalue weighted by atomic mass is 32.1. The first kappa shape index (κ1) is 20.8. The smallest absolute Gasteiger partial charge is 0.335 e. The number of thiocarbonyl (C=S) groups is 1. The van der Waals surface area contributed by atoms with Crippen molar-refractivity contribution in [3.05, 3.63) is 114 Å². The maximum absolute atomic E-state index is 11.3. The summed E-state index contributed by atoms with van der Waals surface area (Å²) in [7, 11) is 0. The molecular formula is C25H21N5O2S. The Hall–Kier alpha value is -4.04. The summed E-state index contributed by atoms with van der Waals surface area (Å²) in [5, 5.41) is 13.4. The van der Waals surface area contributed by atoms with Crippen LogP contribution >= 0.6 is 12.2 Å². The fourth-order valence-corrected chi connectivity index (χ4v) is 4.52. The van der Waals surface area contributed by atoms with Crippen molar-refractivity contribution in [2.75, 3.05) is 0 Å². The van der Waals surface area contributed by atoms with E-state index in [1.165, 1.54) is 0 Å². The van der Waals surface area contributed by atoms with Gasteiger partial charge in [0.1, 0.15) is 0 Å². The van der Waals surface area contributed by atoms with Gasteiger partial charge in [0.25, 0.3) is 0 Å². The molecule has 7 nitrogen and oxygen atoms in total. The van der Waals surface area contributed by atoms with E-state index in [1.807, 2.05) is 54.7 Å². The molecule has 0 aliphatic carbocycles. The average molecular weight is 456 g/mol. The summed E-state index contributed by atoms with van der Waals surface area (Å²) >= 11 is 5.77. The lowest BCUT2D eigenvalue weighted by atomic mass is 10.0. The molecule has 1 aliphatic heterocycles. The van der Waals surface area contributed by atoms with E-state index in [9.17, 15) is 9.90 Å². The number of nitrogens with one attached hydrogen (secondary N) is 1. The summed E-state index contributed by atoms with van der Waals surface area (Å²) in [6, 6.07) is 20.5. The maximum Gasteiger partial charge on any atom is 0.335 e. The van der Waals surface area contributed by atoms with Crippen LogP contribution < -0.4 is 5.32 Å². The monoisotopic (exact) mass is 455 g/mol. The largest absolute Gasteiger partial charge is 0.478 e. The highest BCUT2D eigenvalue weighted by molar-refractivity contribution is 7.80. The molecule has 0 bridgehead atoms. The molecule has 2 N–H and O–H groups in total. The van der Waals surface area contributed by atoms with Crippen molar-refractivity contribution < 1.29 is 9.90 Å². The van der Waals surface area contributed by atoms with Gasteiger partial charge < -0.3 is 19.9 Å². The number of pyridine rings is 2. The van der Waals surface area contributed by atoms with Crippen LogP contribution in [0, 0.1) is 0 Å². The first-order chi connectivity index (χ1) is 16.1. The molecule has 2 unspecified atom stereocenters. The molecule has 0 radical (unpaired) electrons. The van der Waals surface area contributed by atoms with Gasteiger partial charge in [-0.25, -0.2) is 4.79 Å². The second-order valence-corrected chi connectivity index (χ2v) is 8.15. The Morgan fingerprint density at radius 1 is 1.00 bits per heavy atom. The molecule has 0 spiro atoms. The third kappa shape index (κ3) is 4.08. The van der Waals surface area contributed by atoms with E-state index in [0.29, 0.717) is 11.7 Å². The van der Waals surface area contributed by atoms with Gasteiger partial charge in [-0.2, -0.15) is 0 Å². The first-order valence-corrected chi connectivity index (χ1v) is 10.9. The lowest BCUT2D eigenvalue weighted by Gasteiger charge is -2.29. The summed E-state index contributed by atoms with van der Waals surface area (Å²) in [4.78, 5) is 22.2. The Kier molecular flexibility index (Phi) is 5.58. The van der Waals surface area contributed by atoms with Crippen molar-refractivity contribution in [3.8, 4) is 5.69 Å². The van der Waals surface area contributed by atoms with Gasteiger partial charge >= 0.3 is 5.97 Å². The number of rotatable bonds is 6. The third-order valence-corrected chi connectivity index (χ3v) is 6.13. The summed E-state index contributed by atoms with van der Waals surface area (Å²) in [6.45, 7) is 0.617. The van der Waals surface area contributed by atoms with E-state index >= 15 is 0 Å². The quantitative estimate of drug-likeness (QED) is 0.423. The minimum atomic E-state index is -0.946. The van der Waals surface area contributed by atoms with Crippen LogP contribution in [-0.4, -0.2) is 35.6 Å². The molecule has 4 aromatic rings. The number of carboxylic acid groups (broad SMARTS) is 1. The molecule has 0 amide bonds. The van der Waals surface area contributed by atoms with Crippen molar-refractivity contribution >= 4 is 23.3 Å². The Morgan fingerprint density at radius 2 is 1.79 bits per heavy atom. The summed E-state index contributed by atoms with van der Waals surface area (Å²) in [6.07, 6.45) is 7.32. The maximum atomic E-state index is 11.3. The van der Waals surface area contributed by atoms with Gasteiger partial charge in [-0.1, -0.05) is 6.07 Å². The Labute approximate surface area is 196 Å². The molecule has 33 heavy (non-hydrogen) atoms. The number of hydrogen-bond donors (Lipinski definition) is 2. The molecule has 8 heteroatoms. The van der Waals surface area contributed by atoms with Crippen molar-refractivity contribution in [1.29, 1.82) is 0 Å². The Morgan fingerprint density at radius 3 is 2.48 bits per heavy atom. The van der Waals surface area contributed by atoms with Crippen LogP contribution in [0.1, 0.15) is 39.4 Å². The van der Waals surface area contributed by atoms with E-state index in [-0.39, 0.29) is 17.6 Å².